The number of benzene rings is 1. The summed E-state index contributed by atoms with van der Waals surface area (Å²) in [5.41, 5.74) is 1.71. The van der Waals surface area contributed by atoms with E-state index >= 15 is 0 Å². The standard InChI is InChI=1S/C15H16N4OS/c1-9(2)14-18-15(21-19-14)16-8-10-7-13(20)11-5-3-4-6-12(11)17-10/h3-7,9H,8H2,1-2H3,(H,17,20)(H,16,18,19). The van der Waals surface area contributed by atoms with Crippen LogP contribution in [0.15, 0.2) is 35.1 Å². The van der Waals surface area contributed by atoms with Gasteiger partial charge in [0, 0.05) is 40.1 Å². The molecule has 21 heavy (non-hydrogen) atoms. The first-order valence-corrected chi connectivity index (χ1v) is 7.59. The highest BCUT2D eigenvalue weighted by Gasteiger charge is 2.08. The number of para-hydroxylation sites is 1. The zero-order valence-corrected chi connectivity index (χ0v) is 12.7. The fraction of sp³-hybridized carbons (Fsp3) is 0.267. The lowest BCUT2D eigenvalue weighted by atomic mass is 10.2. The van der Waals surface area contributed by atoms with Gasteiger partial charge in [0.1, 0.15) is 5.82 Å². The highest BCUT2D eigenvalue weighted by Crippen LogP contribution is 2.18. The van der Waals surface area contributed by atoms with E-state index in [4.69, 9.17) is 0 Å². The highest BCUT2D eigenvalue weighted by molar-refractivity contribution is 7.09. The van der Waals surface area contributed by atoms with Gasteiger partial charge in [-0.3, -0.25) is 4.79 Å². The van der Waals surface area contributed by atoms with Crippen molar-refractivity contribution in [3.8, 4) is 0 Å². The van der Waals surface area contributed by atoms with Crippen molar-refractivity contribution in [2.24, 2.45) is 0 Å². The van der Waals surface area contributed by atoms with E-state index in [1.165, 1.54) is 11.5 Å². The SMILES string of the molecule is CC(C)c1nsc(NCc2cc(=O)c3ccccc3[nH]2)n1. The van der Waals surface area contributed by atoms with Gasteiger partial charge in [0.05, 0.1) is 6.54 Å². The molecule has 1 aromatic carbocycles. The first-order valence-electron chi connectivity index (χ1n) is 6.82. The van der Waals surface area contributed by atoms with Gasteiger partial charge < -0.3 is 10.3 Å². The number of hydrogen-bond acceptors (Lipinski definition) is 5. The van der Waals surface area contributed by atoms with Gasteiger partial charge in [0.15, 0.2) is 5.43 Å². The molecule has 2 heterocycles. The van der Waals surface area contributed by atoms with Gasteiger partial charge in [0.2, 0.25) is 5.13 Å². The van der Waals surface area contributed by atoms with Crippen LogP contribution in [-0.4, -0.2) is 14.3 Å². The summed E-state index contributed by atoms with van der Waals surface area (Å²) in [7, 11) is 0. The smallest absolute Gasteiger partial charge is 0.202 e. The average Bonchev–Trinajstić information content (AvgIpc) is 2.94. The highest BCUT2D eigenvalue weighted by atomic mass is 32.1. The molecule has 0 fully saturated rings. The maximum absolute atomic E-state index is 12.0. The molecule has 108 valence electrons. The number of anilines is 1. The summed E-state index contributed by atoms with van der Waals surface area (Å²) in [6.07, 6.45) is 0. The number of nitrogens with zero attached hydrogens (tertiary/aromatic N) is 2. The number of hydrogen-bond donors (Lipinski definition) is 2. The summed E-state index contributed by atoms with van der Waals surface area (Å²) in [6.45, 7) is 4.64. The zero-order valence-electron chi connectivity index (χ0n) is 11.9. The van der Waals surface area contributed by atoms with Crippen LogP contribution in [0.5, 0.6) is 0 Å². The van der Waals surface area contributed by atoms with Crippen LogP contribution in [0.2, 0.25) is 0 Å². The molecule has 0 atom stereocenters. The number of fused-ring (bicyclic) bond motifs is 1. The molecule has 3 rings (SSSR count). The van der Waals surface area contributed by atoms with Gasteiger partial charge in [0.25, 0.3) is 0 Å². The Bertz CT molecular complexity index is 822. The molecular formula is C15H16N4OS. The number of rotatable bonds is 4. The Kier molecular flexibility index (Phi) is 3.70. The third kappa shape index (κ3) is 2.95. The molecule has 0 spiro atoms. The van der Waals surface area contributed by atoms with Gasteiger partial charge in [-0.1, -0.05) is 26.0 Å². The molecule has 0 unspecified atom stereocenters. The van der Waals surface area contributed by atoms with Gasteiger partial charge in [-0.15, -0.1) is 0 Å². The van der Waals surface area contributed by atoms with Crippen LogP contribution in [0.25, 0.3) is 10.9 Å². The maximum Gasteiger partial charge on any atom is 0.202 e. The first kappa shape index (κ1) is 13.8. The van der Waals surface area contributed by atoms with E-state index in [0.717, 1.165) is 22.2 Å². The van der Waals surface area contributed by atoms with Crippen LogP contribution in [0.4, 0.5) is 5.13 Å². The van der Waals surface area contributed by atoms with Gasteiger partial charge in [-0.2, -0.15) is 4.37 Å². The Morgan fingerprint density at radius 3 is 2.90 bits per heavy atom. The molecule has 0 bridgehead atoms. The third-order valence-electron chi connectivity index (χ3n) is 3.18. The van der Waals surface area contributed by atoms with E-state index in [9.17, 15) is 4.79 Å². The molecule has 0 radical (unpaired) electrons. The molecule has 3 aromatic rings. The second-order valence-corrected chi connectivity index (χ2v) is 5.92. The van der Waals surface area contributed by atoms with Crippen LogP contribution in [0, 0.1) is 0 Å². The molecule has 0 amide bonds. The monoisotopic (exact) mass is 300 g/mol. The fourth-order valence-corrected chi connectivity index (χ4v) is 2.76. The summed E-state index contributed by atoms with van der Waals surface area (Å²) in [6, 6.07) is 9.13. The van der Waals surface area contributed by atoms with Crippen molar-refractivity contribution < 1.29 is 0 Å². The minimum absolute atomic E-state index is 0.0290. The number of aromatic nitrogens is 3. The Morgan fingerprint density at radius 2 is 2.14 bits per heavy atom. The van der Waals surface area contributed by atoms with E-state index in [1.54, 1.807) is 6.07 Å². The summed E-state index contributed by atoms with van der Waals surface area (Å²) >= 11 is 1.34. The molecule has 0 saturated carbocycles. The van der Waals surface area contributed by atoms with Crippen LogP contribution in [0.3, 0.4) is 0 Å². The van der Waals surface area contributed by atoms with Gasteiger partial charge in [-0.25, -0.2) is 4.98 Å². The van der Waals surface area contributed by atoms with Crippen molar-refractivity contribution in [2.75, 3.05) is 5.32 Å². The Labute approximate surface area is 126 Å². The number of aromatic amines is 1. The lowest BCUT2D eigenvalue weighted by Gasteiger charge is -2.05. The van der Waals surface area contributed by atoms with Crippen LogP contribution < -0.4 is 10.7 Å². The Morgan fingerprint density at radius 1 is 1.33 bits per heavy atom. The molecule has 2 aromatic heterocycles. The van der Waals surface area contributed by atoms with Crippen molar-refractivity contribution >= 4 is 27.6 Å². The molecular weight excluding hydrogens is 284 g/mol. The number of nitrogens with one attached hydrogen (secondary N) is 2. The Balaban J connectivity index is 1.80. The summed E-state index contributed by atoms with van der Waals surface area (Å²) in [4.78, 5) is 19.7. The minimum atomic E-state index is 0.0290. The first-order chi connectivity index (χ1) is 10.1. The molecule has 0 saturated heterocycles. The van der Waals surface area contributed by atoms with Crippen LogP contribution in [0.1, 0.15) is 31.3 Å². The lowest BCUT2D eigenvalue weighted by Crippen LogP contribution is -2.08. The van der Waals surface area contributed by atoms with Crippen molar-refractivity contribution in [2.45, 2.75) is 26.3 Å². The molecule has 6 heteroatoms. The van der Waals surface area contributed by atoms with Gasteiger partial charge in [-0.05, 0) is 12.1 Å². The van der Waals surface area contributed by atoms with E-state index in [0.29, 0.717) is 17.8 Å². The number of pyridine rings is 1. The largest absolute Gasteiger partial charge is 0.357 e. The molecule has 0 aliphatic carbocycles. The van der Waals surface area contributed by atoms with E-state index in [-0.39, 0.29) is 5.43 Å². The van der Waals surface area contributed by atoms with Crippen molar-refractivity contribution in [3.63, 3.8) is 0 Å². The molecule has 0 aliphatic rings. The molecule has 0 aliphatic heterocycles. The Hall–Kier alpha value is -2.21. The van der Waals surface area contributed by atoms with E-state index < -0.39 is 0 Å². The topological polar surface area (TPSA) is 70.7 Å². The van der Waals surface area contributed by atoms with Crippen molar-refractivity contribution in [1.82, 2.24) is 14.3 Å². The predicted octanol–water partition coefficient (Wildman–Crippen LogP) is 3.12. The normalized spacial score (nSPS) is 11.2. The summed E-state index contributed by atoms with van der Waals surface area (Å²) in [5.74, 6) is 1.16. The van der Waals surface area contributed by atoms with E-state index in [2.05, 4.69) is 33.5 Å². The van der Waals surface area contributed by atoms with E-state index in [1.807, 2.05) is 24.3 Å². The van der Waals surface area contributed by atoms with Crippen molar-refractivity contribution in [1.29, 1.82) is 0 Å². The average molecular weight is 300 g/mol. The molecule has 5 nitrogen and oxygen atoms in total. The second-order valence-electron chi connectivity index (χ2n) is 5.17. The fourth-order valence-electron chi connectivity index (χ4n) is 2.06. The summed E-state index contributed by atoms with van der Waals surface area (Å²) in [5, 5.41) is 4.68. The second kappa shape index (κ2) is 5.65. The third-order valence-corrected chi connectivity index (χ3v) is 3.87. The maximum atomic E-state index is 12.0. The lowest BCUT2D eigenvalue weighted by molar-refractivity contribution is 0.799. The van der Waals surface area contributed by atoms with Crippen LogP contribution >= 0.6 is 11.5 Å². The predicted molar refractivity (Wildman–Crippen MR) is 85.9 cm³/mol. The van der Waals surface area contributed by atoms with Gasteiger partial charge >= 0.3 is 0 Å². The summed E-state index contributed by atoms with van der Waals surface area (Å²) < 4.78 is 4.29. The quantitative estimate of drug-likeness (QED) is 0.776. The zero-order chi connectivity index (χ0) is 14.8. The van der Waals surface area contributed by atoms with Crippen LogP contribution in [-0.2, 0) is 6.54 Å². The van der Waals surface area contributed by atoms with Crippen molar-refractivity contribution in [3.05, 3.63) is 52.1 Å². The number of H-pyrrole nitrogens is 1. The minimum Gasteiger partial charge on any atom is -0.357 e. The molecule has 2 N–H and O–H groups in total.